The highest BCUT2D eigenvalue weighted by Gasteiger charge is 2.23. The Balaban J connectivity index is 1.56. The fourth-order valence-corrected chi connectivity index (χ4v) is 3.29. The van der Waals surface area contributed by atoms with E-state index in [0.29, 0.717) is 31.4 Å². The van der Waals surface area contributed by atoms with Crippen molar-refractivity contribution in [3.63, 3.8) is 0 Å². The van der Waals surface area contributed by atoms with Gasteiger partial charge in [0.2, 0.25) is 0 Å². The molecule has 4 nitrogen and oxygen atoms in total. The third-order valence-corrected chi connectivity index (χ3v) is 4.61. The highest BCUT2D eigenvalue weighted by Crippen LogP contribution is 2.25. The second-order valence-corrected chi connectivity index (χ2v) is 6.63. The van der Waals surface area contributed by atoms with Gasteiger partial charge in [0, 0.05) is 19.2 Å². The first-order chi connectivity index (χ1) is 9.65. The summed E-state index contributed by atoms with van der Waals surface area (Å²) in [7, 11) is 0. The summed E-state index contributed by atoms with van der Waals surface area (Å²) in [5.41, 5.74) is 0. The van der Waals surface area contributed by atoms with Crippen LogP contribution in [0, 0.1) is 5.92 Å². The third-order valence-electron chi connectivity index (χ3n) is 4.61. The van der Waals surface area contributed by atoms with Gasteiger partial charge in [0.05, 0.1) is 24.9 Å². The Labute approximate surface area is 123 Å². The van der Waals surface area contributed by atoms with Gasteiger partial charge in [-0.3, -0.25) is 0 Å². The lowest BCUT2D eigenvalue weighted by molar-refractivity contribution is -0.0324. The fraction of sp³-hybridized carbons (Fsp3) is 1.00. The summed E-state index contributed by atoms with van der Waals surface area (Å²) in [6.07, 6.45) is 7.40. The molecule has 1 aliphatic carbocycles. The molecule has 1 aliphatic heterocycles. The van der Waals surface area contributed by atoms with Crippen molar-refractivity contribution in [2.24, 2.45) is 5.92 Å². The molecule has 0 aromatic rings. The Morgan fingerprint density at radius 2 is 2.15 bits per heavy atom. The number of aliphatic hydroxyl groups excluding tert-OH is 1. The van der Waals surface area contributed by atoms with E-state index in [1.807, 2.05) is 0 Å². The molecular formula is C16H31NO3. The van der Waals surface area contributed by atoms with Gasteiger partial charge in [-0.1, -0.05) is 19.8 Å². The molecule has 0 spiro atoms. The summed E-state index contributed by atoms with van der Waals surface area (Å²) in [6.45, 7) is 6.33. The van der Waals surface area contributed by atoms with Crippen molar-refractivity contribution in [2.45, 2.75) is 76.7 Å². The van der Waals surface area contributed by atoms with Crippen LogP contribution in [0.2, 0.25) is 0 Å². The van der Waals surface area contributed by atoms with Crippen molar-refractivity contribution in [2.75, 3.05) is 19.8 Å². The van der Waals surface area contributed by atoms with Crippen LogP contribution in [0.1, 0.15) is 52.4 Å². The summed E-state index contributed by atoms with van der Waals surface area (Å²) in [6, 6.07) is 0.307. The predicted molar refractivity (Wildman–Crippen MR) is 79.8 cm³/mol. The van der Waals surface area contributed by atoms with E-state index in [2.05, 4.69) is 19.2 Å². The summed E-state index contributed by atoms with van der Waals surface area (Å²) in [5.74, 6) is 0.767. The van der Waals surface area contributed by atoms with Crippen LogP contribution in [0.25, 0.3) is 0 Å². The van der Waals surface area contributed by atoms with Crippen LogP contribution < -0.4 is 5.32 Å². The normalized spacial score (nSPS) is 34.0. The Morgan fingerprint density at radius 3 is 2.85 bits per heavy atom. The van der Waals surface area contributed by atoms with E-state index >= 15 is 0 Å². The molecular weight excluding hydrogens is 254 g/mol. The molecule has 2 fully saturated rings. The second-order valence-electron chi connectivity index (χ2n) is 6.63. The maximum atomic E-state index is 10.0. The fourth-order valence-electron chi connectivity index (χ4n) is 3.29. The van der Waals surface area contributed by atoms with Gasteiger partial charge in [0.1, 0.15) is 0 Å². The van der Waals surface area contributed by atoms with Crippen molar-refractivity contribution in [1.29, 1.82) is 0 Å². The van der Waals surface area contributed by atoms with Gasteiger partial charge in [0.25, 0.3) is 0 Å². The van der Waals surface area contributed by atoms with Crippen LogP contribution in [0.15, 0.2) is 0 Å². The maximum Gasteiger partial charge on any atom is 0.0897 e. The zero-order chi connectivity index (χ0) is 14.4. The highest BCUT2D eigenvalue weighted by molar-refractivity contribution is 4.78. The lowest BCUT2D eigenvalue weighted by Crippen LogP contribution is -2.42. The number of nitrogens with one attached hydrogen (secondary N) is 1. The van der Waals surface area contributed by atoms with Gasteiger partial charge in [-0.25, -0.2) is 0 Å². The molecule has 1 saturated heterocycles. The van der Waals surface area contributed by atoms with Gasteiger partial charge < -0.3 is 19.9 Å². The molecule has 1 saturated carbocycles. The van der Waals surface area contributed by atoms with Gasteiger partial charge in [-0.15, -0.1) is 0 Å². The zero-order valence-corrected chi connectivity index (χ0v) is 13.0. The van der Waals surface area contributed by atoms with Gasteiger partial charge in [0.15, 0.2) is 0 Å². The van der Waals surface area contributed by atoms with Crippen molar-refractivity contribution in [3.05, 3.63) is 0 Å². The van der Waals surface area contributed by atoms with Crippen LogP contribution in [0.4, 0.5) is 0 Å². The molecule has 2 N–H and O–H groups in total. The Bertz CT molecular complexity index is 262. The molecule has 0 aromatic heterocycles. The molecule has 4 heteroatoms. The quantitative estimate of drug-likeness (QED) is 0.752. The first-order valence-electron chi connectivity index (χ1n) is 8.29. The first kappa shape index (κ1) is 16.2. The van der Waals surface area contributed by atoms with Gasteiger partial charge in [-0.05, 0) is 38.5 Å². The molecule has 0 aromatic carbocycles. The molecule has 20 heavy (non-hydrogen) atoms. The average molecular weight is 285 g/mol. The standard InChI is InChI=1S/C16H31NO3/c1-12-5-3-6-15(9-12)20-11-14(18)10-17-13(2)16-7-4-8-19-16/h12-18H,3-11H2,1-2H3. The minimum Gasteiger partial charge on any atom is -0.389 e. The van der Waals surface area contributed by atoms with Gasteiger partial charge >= 0.3 is 0 Å². The van der Waals surface area contributed by atoms with E-state index in [9.17, 15) is 5.11 Å². The average Bonchev–Trinajstić information content (AvgIpc) is 2.97. The summed E-state index contributed by atoms with van der Waals surface area (Å²) < 4.78 is 11.5. The largest absolute Gasteiger partial charge is 0.389 e. The molecule has 1 heterocycles. The van der Waals surface area contributed by atoms with Crippen molar-refractivity contribution in [3.8, 4) is 0 Å². The minimum absolute atomic E-state index is 0.307. The third kappa shape index (κ3) is 5.32. The molecule has 118 valence electrons. The van der Waals surface area contributed by atoms with Crippen LogP contribution in [-0.4, -0.2) is 49.2 Å². The number of rotatable bonds is 7. The molecule has 0 radical (unpaired) electrons. The smallest absolute Gasteiger partial charge is 0.0897 e. The van der Waals surface area contributed by atoms with E-state index in [-0.39, 0.29) is 0 Å². The lowest BCUT2D eigenvalue weighted by Gasteiger charge is -2.28. The lowest BCUT2D eigenvalue weighted by atomic mass is 9.89. The van der Waals surface area contributed by atoms with E-state index in [0.717, 1.165) is 38.2 Å². The monoisotopic (exact) mass is 285 g/mol. The van der Waals surface area contributed by atoms with E-state index in [4.69, 9.17) is 9.47 Å². The van der Waals surface area contributed by atoms with Crippen LogP contribution in [-0.2, 0) is 9.47 Å². The molecule has 0 bridgehead atoms. The van der Waals surface area contributed by atoms with Gasteiger partial charge in [-0.2, -0.15) is 0 Å². The topological polar surface area (TPSA) is 50.7 Å². The van der Waals surface area contributed by atoms with Crippen molar-refractivity contribution < 1.29 is 14.6 Å². The minimum atomic E-state index is -0.420. The molecule has 2 aliphatic rings. The first-order valence-corrected chi connectivity index (χ1v) is 8.29. The number of aliphatic hydroxyl groups is 1. The second kappa shape index (κ2) is 8.32. The summed E-state index contributed by atoms with van der Waals surface area (Å²) in [5, 5.41) is 13.4. The van der Waals surface area contributed by atoms with E-state index in [1.54, 1.807) is 0 Å². The zero-order valence-electron chi connectivity index (χ0n) is 13.0. The molecule has 5 atom stereocenters. The molecule has 2 rings (SSSR count). The number of ether oxygens (including phenoxy) is 2. The molecule has 0 amide bonds. The maximum absolute atomic E-state index is 10.0. The van der Waals surface area contributed by atoms with E-state index in [1.165, 1.54) is 12.8 Å². The van der Waals surface area contributed by atoms with Crippen molar-refractivity contribution >= 4 is 0 Å². The van der Waals surface area contributed by atoms with Crippen LogP contribution in [0.5, 0.6) is 0 Å². The number of hydrogen-bond donors (Lipinski definition) is 2. The Morgan fingerprint density at radius 1 is 1.30 bits per heavy atom. The predicted octanol–water partition coefficient (Wildman–Crippen LogP) is 2.10. The number of hydrogen-bond acceptors (Lipinski definition) is 4. The highest BCUT2D eigenvalue weighted by atomic mass is 16.5. The van der Waals surface area contributed by atoms with E-state index < -0.39 is 6.10 Å². The van der Waals surface area contributed by atoms with Crippen LogP contribution in [0.3, 0.4) is 0 Å². The van der Waals surface area contributed by atoms with Crippen LogP contribution >= 0.6 is 0 Å². The Hall–Kier alpha value is -0.160. The molecule has 5 unspecified atom stereocenters. The SMILES string of the molecule is CC1CCCC(OCC(O)CNC(C)C2CCCO2)C1. The Kier molecular flexibility index (Phi) is 6.75. The summed E-state index contributed by atoms with van der Waals surface area (Å²) in [4.78, 5) is 0. The van der Waals surface area contributed by atoms with Crippen molar-refractivity contribution in [1.82, 2.24) is 5.32 Å². The summed E-state index contributed by atoms with van der Waals surface area (Å²) >= 11 is 0.